The van der Waals surface area contributed by atoms with Gasteiger partial charge in [0.2, 0.25) is 0 Å². The van der Waals surface area contributed by atoms with Gasteiger partial charge in [0, 0.05) is 11.1 Å². The van der Waals surface area contributed by atoms with E-state index >= 15 is 0 Å². The Hall–Kier alpha value is -1.52. The first-order valence-corrected chi connectivity index (χ1v) is 6.46. The number of aliphatic hydroxyl groups is 1. The maximum atomic E-state index is 9.54. The maximum Gasteiger partial charge on any atom is 0.119 e. The quantitative estimate of drug-likeness (QED) is 0.917. The number of pyridine rings is 1. The fourth-order valence-corrected chi connectivity index (χ4v) is 2.40. The summed E-state index contributed by atoms with van der Waals surface area (Å²) in [5, 5.41) is 10.4. The molecule has 1 aromatic carbocycles. The highest BCUT2D eigenvalue weighted by Crippen LogP contribution is 2.29. The van der Waals surface area contributed by atoms with Gasteiger partial charge in [-0.2, -0.15) is 0 Å². The van der Waals surface area contributed by atoms with E-state index < -0.39 is 6.10 Å². The van der Waals surface area contributed by atoms with Crippen LogP contribution in [-0.2, 0) is 0 Å². The Morgan fingerprint density at radius 1 is 1.28 bits per heavy atom. The summed E-state index contributed by atoms with van der Waals surface area (Å²) in [4.78, 5) is 5.34. The highest BCUT2D eigenvalue weighted by Gasteiger charge is 2.04. The summed E-state index contributed by atoms with van der Waals surface area (Å²) in [5.74, 6) is 0.826. The van der Waals surface area contributed by atoms with Gasteiger partial charge in [0.05, 0.1) is 13.2 Å². The van der Waals surface area contributed by atoms with E-state index in [1.165, 1.54) is 0 Å². The molecule has 0 aliphatic rings. The van der Waals surface area contributed by atoms with E-state index in [1.807, 2.05) is 36.4 Å². The number of aliphatic hydroxyl groups excluding tert-OH is 1. The SMILES string of the molecule is COc1cccc(Sc2cc([C@@H](C)O)ccn2)c1. The van der Waals surface area contributed by atoms with E-state index in [0.29, 0.717) is 0 Å². The van der Waals surface area contributed by atoms with Gasteiger partial charge in [-0.25, -0.2) is 4.98 Å². The molecule has 0 aliphatic heterocycles. The molecular weight excluding hydrogens is 246 g/mol. The molecule has 0 radical (unpaired) electrons. The molecular formula is C14H15NO2S. The molecule has 4 heteroatoms. The van der Waals surface area contributed by atoms with E-state index in [2.05, 4.69) is 4.98 Å². The molecule has 1 N–H and O–H groups in total. The molecule has 94 valence electrons. The van der Waals surface area contributed by atoms with Gasteiger partial charge in [-0.15, -0.1) is 0 Å². The number of ether oxygens (including phenoxy) is 1. The molecule has 1 aromatic heterocycles. The molecule has 0 saturated carbocycles. The Kier molecular flexibility index (Phi) is 4.23. The van der Waals surface area contributed by atoms with Crippen LogP contribution in [0.25, 0.3) is 0 Å². The monoisotopic (exact) mass is 261 g/mol. The van der Waals surface area contributed by atoms with Crippen LogP contribution in [0.3, 0.4) is 0 Å². The summed E-state index contributed by atoms with van der Waals surface area (Å²) in [6.07, 6.45) is 1.24. The van der Waals surface area contributed by atoms with Crippen molar-refractivity contribution in [1.82, 2.24) is 4.98 Å². The van der Waals surface area contributed by atoms with Crippen LogP contribution >= 0.6 is 11.8 Å². The molecule has 0 amide bonds. The van der Waals surface area contributed by atoms with Crippen LogP contribution in [0.5, 0.6) is 5.75 Å². The summed E-state index contributed by atoms with van der Waals surface area (Å²) in [5.41, 5.74) is 0.871. The smallest absolute Gasteiger partial charge is 0.119 e. The van der Waals surface area contributed by atoms with Crippen molar-refractivity contribution in [2.24, 2.45) is 0 Å². The Morgan fingerprint density at radius 2 is 2.11 bits per heavy atom. The lowest BCUT2D eigenvalue weighted by Crippen LogP contribution is -1.92. The first kappa shape index (κ1) is 12.9. The molecule has 0 bridgehead atoms. The molecule has 0 saturated heterocycles. The lowest BCUT2D eigenvalue weighted by atomic mass is 10.2. The molecule has 3 nitrogen and oxygen atoms in total. The second-order valence-electron chi connectivity index (χ2n) is 3.88. The standard InChI is InChI=1S/C14H15NO2S/c1-10(16)11-6-7-15-14(8-11)18-13-5-3-4-12(9-13)17-2/h3-10,16H,1-2H3/t10-/m1/s1. The molecule has 2 rings (SSSR count). The van der Waals surface area contributed by atoms with Crippen molar-refractivity contribution in [3.05, 3.63) is 48.2 Å². The van der Waals surface area contributed by atoms with E-state index in [-0.39, 0.29) is 0 Å². The molecule has 0 aliphatic carbocycles. The van der Waals surface area contributed by atoms with Gasteiger partial charge in [-0.1, -0.05) is 17.8 Å². The highest BCUT2D eigenvalue weighted by molar-refractivity contribution is 7.99. The fraction of sp³-hybridized carbons (Fsp3) is 0.214. The zero-order valence-electron chi connectivity index (χ0n) is 10.3. The first-order valence-electron chi connectivity index (χ1n) is 5.65. The summed E-state index contributed by atoms with van der Waals surface area (Å²) in [7, 11) is 1.65. The van der Waals surface area contributed by atoms with Gasteiger partial charge in [0.1, 0.15) is 10.8 Å². The van der Waals surface area contributed by atoms with Crippen LogP contribution in [0.4, 0.5) is 0 Å². The molecule has 0 unspecified atom stereocenters. The van der Waals surface area contributed by atoms with Gasteiger partial charge in [0.25, 0.3) is 0 Å². The van der Waals surface area contributed by atoms with Crippen LogP contribution in [0.2, 0.25) is 0 Å². The lowest BCUT2D eigenvalue weighted by molar-refractivity contribution is 0.199. The Bertz CT molecular complexity index is 529. The number of hydrogen-bond donors (Lipinski definition) is 1. The van der Waals surface area contributed by atoms with Crippen molar-refractivity contribution in [2.75, 3.05) is 7.11 Å². The largest absolute Gasteiger partial charge is 0.497 e. The third-order valence-electron chi connectivity index (χ3n) is 2.50. The van der Waals surface area contributed by atoms with Gasteiger partial charge in [-0.05, 0) is 42.8 Å². The normalized spacial score (nSPS) is 12.2. The zero-order chi connectivity index (χ0) is 13.0. The van der Waals surface area contributed by atoms with Crippen molar-refractivity contribution in [2.45, 2.75) is 22.9 Å². The average molecular weight is 261 g/mol. The van der Waals surface area contributed by atoms with Gasteiger partial charge < -0.3 is 9.84 Å². The first-order chi connectivity index (χ1) is 8.69. The van der Waals surface area contributed by atoms with Crippen molar-refractivity contribution < 1.29 is 9.84 Å². The minimum atomic E-state index is -0.474. The number of nitrogens with zero attached hydrogens (tertiary/aromatic N) is 1. The molecule has 1 atom stereocenters. The predicted octanol–water partition coefficient (Wildman–Crippen LogP) is 3.29. The summed E-state index contributed by atoms with van der Waals surface area (Å²) in [6.45, 7) is 1.75. The van der Waals surface area contributed by atoms with Crippen molar-refractivity contribution in [3.63, 3.8) is 0 Å². The van der Waals surface area contributed by atoms with Crippen molar-refractivity contribution in [1.29, 1.82) is 0 Å². The van der Waals surface area contributed by atoms with E-state index in [4.69, 9.17) is 4.74 Å². The predicted molar refractivity (Wildman–Crippen MR) is 72.0 cm³/mol. The topological polar surface area (TPSA) is 42.4 Å². The van der Waals surface area contributed by atoms with E-state index in [9.17, 15) is 5.11 Å². The van der Waals surface area contributed by atoms with Crippen LogP contribution in [0, 0.1) is 0 Å². The highest BCUT2D eigenvalue weighted by atomic mass is 32.2. The molecule has 18 heavy (non-hydrogen) atoms. The zero-order valence-corrected chi connectivity index (χ0v) is 11.1. The summed E-state index contributed by atoms with van der Waals surface area (Å²) in [6, 6.07) is 11.5. The molecule has 1 heterocycles. The Morgan fingerprint density at radius 3 is 2.83 bits per heavy atom. The second kappa shape index (κ2) is 5.89. The minimum absolute atomic E-state index is 0.474. The fourth-order valence-electron chi connectivity index (χ4n) is 1.53. The summed E-state index contributed by atoms with van der Waals surface area (Å²) < 4.78 is 5.18. The summed E-state index contributed by atoms with van der Waals surface area (Å²) >= 11 is 1.55. The van der Waals surface area contributed by atoms with Crippen LogP contribution in [0.1, 0.15) is 18.6 Å². The molecule has 0 spiro atoms. The van der Waals surface area contributed by atoms with Gasteiger partial charge in [-0.3, -0.25) is 0 Å². The van der Waals surface area contributed by atoms with Gasteiger partial charge >= 0.3 is 0 Å². The number of hydrogen-bond acceptors (Lipinski definition) is 4. The van der Waals surface area contributed by atoms with Crippen LogP contribution in [0.15, 0.2) is 52.5 Å². The third kappa shape index (κ3) is 3.24. The third-order valence-corrected chi connectivity index (χ3v) is 3.43. The average Bonchev–Trinajstić information content (AvgIpc) is 2.39. The second-order valence-corrected chi connectivity index (χ2v) is 4.98. The van der Waals surface area contributed by atoms with E-state index in [0.717, 1.165) is 21.2 Å². The number of benzene rings is 1. The molecule has 0 fully saturated rings. The van der Waals surface area contributed by atoms with Crippen molar-refractivity contribution in [3.8, 4) is 5.75 Å². The number of rotatable bonds is 4. The number of methoxy groups -OCH3 is 1. The van der Waals surface area contributed by atoms with Crippen molar-refractivity contribution >= 4 is 11.8 Å². The van der Waals surface area contributed by atoms with E-state index in [1.54, 1.807) is 32.0 Å². The van der Waals surface area contributed by atoms with Crippen LogP contribution < -0.4 is 4.74 Å². The maximum absolute atomic E-state index is 9.54. The van der Waals surface area contributed by atoms with Gasteiger partial charge in [0.15, 0.2) is 0 Å². The lowest BCUT2D eigenvalue weighted by Gasteiger charge is -2.07. The van der Waals surface area contributed by atoms with Crippen LogP contribution in [-0.4, -0.2) is 17.2 Å². The Balaban J connectivity index is 2.20. The minimum Gasteiger partial charge on any atom is -0.497 e. The number of aromatic nitrogens is 1. The Labute approximate surface area is 111 Å². The molecule has 2 aromatic rings.